The van der Waals surface area contributed by atoms with Crippen LogP contribution < -0.4 is 16.8 Å². The lowest BCUT2D eigenvalue weighted by molar-refractivity contribution is -0.160. The van der Waals surface area contributed by atoms with Crippen molar-refractivity contribution in [3.8, 4) is 17.2 Å². The van der Waals surface area contributed by atoms with Crippen molar-refractivity contribution in [3.05, 3.63) is 139 Å². The second kappa shape index (κ2) is 35.5. The van der Waals surface area contributed by atoms with Gasteiger partial charge in [0.25, 0.3) is 5.91 Å². The Balaban J connectivity index is 0.000000181. The highest BCUT2D eigenvalue weighted by atomic mass is 16.4. The third-order valence-corrected chi connectivity index (χ3v) is 27.2. The van der Waals surface area contributed by atoms with Crippen LogP contribution >= 0.6 is 0 Å². The number of aliphatic hydroxyl groups excluding tert-OH is 6. The van der Waals surface area contributed by atoms with Crippen molar-refractivity contribution in [1.82, 2.24) is 24.9 Å². The van der Waals surface area contributed by atoms with E-state index in [0.29, 0.717) is 77.0 Å². The normalized spacial score (nSPS) is 30.6. The topological polar surface area (TPSA) is 609 Å². The first-order valence-corrected chi connectivity index (χ1v) is 41.7. The van der Waals surface area contributed by atoms with E-state index in [1.54, 1.807) is 42.3 Å². The number of likely N-dealkylation sites (N-methyl/N-ethyl adjacent to an activating group) is 3. The fourth-order valence-corrected chi connectivity index (χ4v) is 20.6. The number of carbonyl (C=O) groups excluding carboxylic acids is 9. The smallest absolute Gasteiger partial charge is 0.320 e. The maximum Gasteiger partial charge on any atom is 0.320 e. The highest BCUT2D eigenvalue weighted by Gasteiger charge is 2.71. The largest absolute Gasteiger partial charge is 0.508 e. The number of amides is 1. The van der Waals surface area contributed by atoms with Crippen LogP contribution in [0.25, 0.3) is 17.3 Å². The molecule has 672 valence electrons. The molecular formula is C89H113N7O28. The minimum absolute atomic E-state index is 0.137. The van der Waals surface area contributed by atoms with Crippen molar-refractivity contribution in [3.63, 3.8) is 0 Å². The van der Waals surface area contributed by atoms with Crippen molar-refractivity contribution in [2.24, 2.45) is 47.0 Å². The molecule has 4 fully saturated rings. The van der Waals surface area contributed by atoms with Gasteiger partial charge in [-0.3, -0.25) is 72.3 Å². The van der Waals surface area contributed by atoms with E-state index in [2.05, 4.69) is 5.32 Å². The molecule has 3 saturated carbocycles. The zero-order valence-electron chi connectivity index (χ0n) is 70.6. The Kier molecular flexibility index (Phi) is 27.0. The molecule has 10 aliphatic rings. The first-order valence-electron chi connectivity index (χ1n) is 41.7. The number of unbranched alkanes of at least 4 members (excludes halogenated alkanes) is 8. The number of aromatic hydroxyl groups is 3. The van der Waals surface area contributed by atoms with Gasteiger partial charge in [-0.15, -0.1) is 0 Å². The number of likely N-dealkylation sites (tertiary alicyclic amines) is 1. The predicted octanol–water partition coefficient (Wildman–Crippen LogP) is 4.02. The molecule has 3 aromatic carbocycles. The number of nitrogens with two attached hydrogens (primary N) is 2. The highest BCUT2D eigenvalue weighted by molar-refractivity contribution is 6.28. The maximum absolute atomic E-state index is 14.1. The Morgan fingerprint density at radius 2 is 0.702 bits per heavy atom. The average Bonchev–Trinajstić information content (AvgIpc) is 0.952. The molecule has 35 nitrogen and oxygen atoms in total. The Labute approximate surface area is 714 Å². The predicted molar refractivity (Wildman–Crippen MR) is 442 cm³/mol. The van der Waals surface area contributed by atoms with Gasteiger partial charge in [0, 0.05) is 65.1 Å². The number of rotatable bonds is 26. The summed E-state index contributed by atoms with van der Waals surface area (Å²) in [7, 11) is 9.30. The van der Waals surface area contributed by atoms with Gasteiger partial charge >= 0.3 is 11.9 Å². The van der Waals surface area contributed by atoms with Crippen LogP contribution in [0.3, 0.4) is 0 Å². The molecule has 0 unspecified atom stereocenters. The number of Topliss-reactive ketones (excluding diaryl/α,β-unsaturated/α-hetero) is 8. The lowest BCUT2D eigenvalue weighted by Crippen LogP contribution is -2.67. The maximum atomic E-state index is 14.1. The SMILES string of the molecule is CN(C)[C@@H]1C(=O)C(C(=O)CCCCCCC[C@H](N)C(=O)O)=C(O)[C@@]2(O)C(=O)C3=C(O)c4c(O)cccc4[C@@](C)(O)[C@H]3C[C@@H]12.CN(C)[C@@H]1C(=O)C(C(=O)CCCCCCC[C@H](N)C(=O)O)=C(O)[C@@]2(O)C(=O)C3=C(O)c4c(O)cccc4[C@@](C)(O)[C@H]3C[C@@H]12.CN(C)[C@@H]1C(=O)C(C(=O)NCN2CCCC2)=C(O)[C@@]2(O)C(=O)C3=C(O)c4c(O)cccc4[C@@](C)(O)[C@H]3C[C@@H]12. The molecule has 1 amide bonds. The molecule has 1 heterocycles. The molecule has 9 aliphatic carbocycles. The van der Waals surface area contributed by atoms with Crippen LogP contribution in [0, 0.1) is 35.5 Å². The lowest BCUT2D eigenvalue weighted by atomic mass is 9.54. The van der Waals surface area contributed by atoms with E-state index < -0.39 is 237 Å². The fraction of sp³-hybridized carbons (Fsp3) is 0.539. The zero-order chi connectivity index (χ0) is 91.8. The third-order valence-electron chi connectivity index (χ3n) is 27.2. The van der Waals surface area contributed by atoms with Crippen LogP contribution in [0.5, 0.6) is 17.2 Å². The summed E-state index contributed by atoms with van der Waals surface area (Å²) < 4.78 is 0. The van der Waals surface area contributed by atoms with Gasteiger partial charge in [0.05, 0.1) is 58.3 Å². The van der Waals surface area contributed by atoms with E-state index in [9.17, 15) is 129 Å². The van der Waals surface area contributed by atoms with Gasteiger partial charge in [0.1, 0.15) is 80.6 Å². The molecule has 17 atom stereocenters. The van der Waals surface area contributed by atoms with Crippen molar-refractivity contribution < 1.29 is 140 Å². The number of phenols is 3. The molecule has 0 spiro atoms. The van der Waals surface area contributed by atoms with Crippen LogP contribution in [-0.2, 0) is 69.5 Å². The van der Waals surface area contributed by atoms with Crippen LogP contribution in [0.4, 0.5) is 0 Å². The lowest BCUT2D eigenvalue weighted by Gasteiger charge is -2.53. The van der Waals surface area contributed by atoms with Crippen LogP contribution in [0.1, 0.15) is 176 Å². The summed E-state index contributed by atoms with van der Waals surface area (Å²) in [6, 6.07) is 7.38. The number of fused-ring (bicyclic) bond motifs is 9. The number of ketones is 8. The van der Waals surface area contributed by atoms with Crippen molar-refractivity contribution in [1.29, 1.82) is 0 Å². The molecule has 0 aromatic heterocycles. The number of nitrogens with one attached hydrogen (secondary N) is 1. The Morgan fingerprint density at radius 1 is 0.427 bits per heavy atom. The summed E-state index contributed by atoms with van der Waals surface area (Å²) >= 11 is 0. The molecule has 1 saturated heterocycles. The van der Waals surface area contributed by atoms with Gasteiger partial charge < -0.3 is 104 Å². The summed E-state index contributed by atoms with van der Waals surface area (Å²) in [6.07, 6.45) is 7.60. The van der Waals surface area contributed by atoms with Crippen LogP contribution in [-0.4, -0.2) is 280 Å². The number of hydrogen-bond acceptors (Lipinski definition) is 32. The van der Waals surface area contributed by atoms with E-state index >= 15 is 0 Å². The zero-order valence-corrected chi connectivity index (χ0v) is 70.6. The van der Waals surface area contributed by atoms with E-state index in [0.717, 1.165) is 25.9 Å². The third kappa shape index (κ3) is 15.8. The Bertz CT molecular complexity index is 4890. The standard InChI is InChI=1S/2C31H40N2O10.C27H33N3O8/c2*1-30(42)15-10-9-13-19(34)21(15)25(36)22-16(30)14-17-24(33(2)3)26(37)23(28(39)31(17,43)27(22)38)20(35)12-8-6-4-5-7-11-18(32)29(40)41;1-26(37)13-7-6-8-16(31)17(13)21(32)18-14(26)11-15-20(29(2)3)22(33)19(24(35)27(15,38)23(18)34)25(36)28-12-30-9-4-5-10-30/h2*9-10,13,16-18,24,34,36,39,42-43H,4-8,11-12,14,32H2,1-3H3,(H,40,41);6-8,14-15,20,31-32,35,37-38H,4-5,9-12H2,1-3H3,(H,28,36)/t2*16-,17-,18-,24-,30+,31-;14-,15-,20-,26+,27-/m000/s1. The fourth-order valence-electron chi connectivity index (χ4n) is 20.6. The number of hydrogen-bond donors (Lipinski definition) is 20. The van der Waals surface area contributed by atoms with Gasteiger partial charge in [-0.1, -0.05) is 87.8 Å². The van der Waals surface area contributed by atoms with E-state index in [1.807, 2.05) is 4.90 Å². The van der Waals surface area contributed by atoms with Crippen molar-refractivity contribution in [2.75, 3.05) is 62.0 Å². The first-order chi connectivity index (χ1) is 58.0. The Morgan fingerprint density at radius 3 is 0.992 bits per heavy atom. The summed E-state index contributed by atoms with van der Waals surface area (Å²) in [5, 5.41) is 190. The number of aliphatic carboxylic acids is 2. The molecule has 3 aromatic rings. The molecular weight excluding hydrogens is 1610 g/mol. The molecule has 22 N–H and O–H groups in total. The minimum Gasteiger partial charge on any atom is -0.508 e. The summed E-state index contributed by atoms with van der Waals surface area (Å²) in [4.78, 5) is 151. The van der Waals surface area contributed by atoms with Gasteiger partial charge in [0.15, 0.2) is 45.7 Å². The minimum atomic E-state index is -2.74. The van der Waals surface area contributed by atoms with E-state index in [1.165, 1.54) is 90.1 Å². The molecule has 13 rings (SSSR count). The number of carboxylic acids is 2. The number of carboxylic acid groups (broad SMARTS) is 2. The second-order valence-electron chi connectivity index (χ2n) is 35.6. The summed E-state index contributed by atoms with van der Waals surface area (Å²) in [6.45, 7) is 5.95. The molecule has 35 heteroatoms. The van der Waals surface area contributed by atoms with Crippen LogP contribution in [0.15, 0.2) is 105 Å². The van der Waals surface area contributed by atoms with Crippen LogP contribution in [0.2, 0.25) is 0 Å². The van der Waals surface area contributed by atoms with Gasteiger partial charge in [-0.25, -0.2) is 0 Å². The van der Waals surface area contributed by atoms with Crippen molar-refractivity contribution in [2.45, 2.75) is 207 Å². The Hall–Kier alpha value is -10.4. The number of aliphatic hydroxyl groups is 12. The van der Waals surface area contributed by atoms with Gasteiger partial charge in [-0.05, 0) is 169 Å². The van der Waals surface area contributed by atoms with Crippen molar-refractivity contribution >= 4 is 81.4 Å². The van der Waals surface area contributed by atoms with Gasteiger partial charge in [0.2, 0.25) is 17.3 Å². The van der Waals surface area contributed by atoms with Gasteiger partial charge in [-0.2, -0.15) is 0 Å². The number of carbonyl (C=O) groups is 11. The molecule has 0 bridgehead atoms. The first kappa shape index (κ1) is 94.3. The quantitative estimate of drug-likeness (QED) is 0.0398. The van der Waals surface area contributed by atoms with E-state index in [4.69, 9.17) is 21.7 Å². The highest BCUT2D eigenvalue weighted by Crippen LogP contribution is 2.62. The molecule has 1 aliphatic heterocycles. The summed E-state index contributed by atoms with van der Waals surface area (Å²) in [5.41, 5.74) is -5.74. The monoisotopic (exact) mass is 1730 g/mol. The van der Waals surface area contributed by atoms with E-state index in [-0.39, 0.29) is 83.5 Å². The molecule has 0 radical (unpaired) electrons. The second-order valence-corrected chi connectivity index (χ2v) is 35.6. The average molecular weight is 1730 g/mol. The number of nitrogens with zero attached hydrogens (tertiary/aromatic N) is 4. The number of benzene rings is 3. The number of phenolic OH excluding ortho intramolecular Hbond substituents is 3. The summed E-state index contributed by atoms with van der Waals surface area (Å²) in [5.74, 6) is -23.5. The molecule has 124 heavy (non-hydrogen) atoms.